The average Bonchev–Trinajstić information content (AvgIpc) is 3.19. The molecule has 0 amide bonds. The minimum atomic E-state index is 0.211. The van der Waals surface area contributed by atoms with Gasteiger partial charge < -0.3 is 18.8 Å². The van der Waals surface area contributed by atoms with Crippen molar-refractivity contribution in [1.29, 1.82) is 0 Å². The maximum Gasteiger partial charge on any atom is 0.291 e. The van der Waals surface area contributed by atoms with Gasteiger partial charge in [0.15, 0.2) is 13.3 Å². The van der Waals surface area contributed by atoms with Crippen LogP contribution in [0.4, 0.5) is 0 Å². The van der Waals surface area contributed by atoms with Gasteiger partial charge in [0.2, 0.25) is 0 Å². The SMILES string of the molecule is COc1ccc(OCc2nn(C[NH+](C)Cc3ccc(Cl)s3)c(=S)o2)cc1. The summed E-state index contributed by atoms with van der Waals surface area (Å²) in [7, 11) is 3.69. The number of halogens is 1. The predicted molar refractivity (Wildman–Crippen MR) is 103 cm³/mol. The number of hydrogen-bond acceptors (Lipinski definition) is 6. The Morgan fingerprint density at radius 2 is 1.96 bits per heavy atom. The monoisotopic (exact) mass is 412 g/mol. The molecule has 2 heterocycles. The van der Waals surface area contributed by atoms with E-state index in [0.29, 0.717) is 23.1 Å². The average molecular weight is 413 g/mol. The summed E-state index contributed by atoms with van der Waals surface area (Å²) in [6.45, 7) is 1.65. The van der Waals surface area contributed by atoms with Gasteiger partial charge in [-0.25, -0.2) is 0 Å². The van der Waals surface area contributed by atoms with E-state index in [4.69, 9.17) is 37.7 Å². The first kappa shape index (κ1) is 18.9. The Hall–Kier alpha value is -1.87. The zero-order valence-corrected chi connectivity index (χ0v) is 16.8. The van der Waals surface area contributed by atoms with Crippen LogP contribution in [0.15, 0.2) is 40.8 Å². The lowest BCUT2D eigenvalue weighted by molar-refractivity contribution is -0.917. The zero-order valence-electron chi connectivity index (χ0n) is 14.4. The van der Waals surface area contributed by atoms with Crippen molar-refractivity contribution in [1.82, 2.24) is 9.78 Å². The Labute approximate surface area is 165 Å². The first-order valence-corrected chi connectivity index (χ1v) is 9.53. The predicted octanol–water partition coefficient (Wildman–Crippen LogP) is 3.18. The second kappa shape index (κ2) is 8.68. The van der Waals surface area contributed by atoms with Crippen molar-refractivity contribution in [2.24, 2.45) is 0 Å². The molecule has 138 valence electrons. The van der Waals surface area contributed by atoms with E-state index < -0.39 is 0 Å². The highest BCUT2D eigenvalue weighted by atomic mass is 35.5. The molecule has 2 aromatic heterocycles. The van der Waals surface area contributed by atoms with Crippen molar-refractivity contribution in [3.05, 3.63) is 56.3 Å². The van der Waals surface area contributed by atoms with Crippen LogP contribution in [0, 0.1) is 4.84 Å². The summed E-state index contributed by atoms with van der Waals surface area (Å²) in [5.41, 5.74) is 0. The quantitative estimate of drug-likeness (QED) is 0.576. The lowest BCUT2D eigenvalue weighted by atomic mass is 10.3. The maximum atomic E-state index is 5.97. The van der Waals surface area contributed by atoms with Crippen LogP contribution in [0.5, 0.6) is 11.5 Å². The number of nitrogens with zero attached hydrogens (tertiary/aromatic N) is 2. The Bertz CT molecular complexity index is 905. The highest BCUT2D eigenvalue weighted by Gasteiger charge is 2.12. The molecule has 1 N–H and O–H groups in total. The van der Waals surface area contributed by atoms with Crippen molar-refractivity contribution >= 4 is 35.2 Å². The van der Waals surface area contributed by atoms with Crippen molar-refractivity contribution < 1.29 is 18.8 Å². The lowest BCUT2D eigenvalue weighted by Gasteiger charge is -2.11. The maximum absolute atomic E-state index is 5.97. The number of aromatic nitrogens is 2. The first-order valence-electron chi connectivity index (χ1n) is 7.92. The first-order chi connectivity index (χ1) is 12.5. The van der Waals surface area contributed by atoms with Gasteiger partial charge in [-0.05, 0) is 48.6 Å². The van der Waals surface area contributed by atoms with Crippen LogP contribution in [-0.2, 0) is 19.8 Å². The highest BCUT2D eigenvalue weighted by Crippen LogP contribution is 2.20. The van der Waals surface area contributed by atoms with Crippen LogP contribution in [0.1, 0.15) is 10.8 Å². The molecule has 0 radical (unpaired) electrons. The molecular formula is C17H19ClN3O3S2+. The van der Waals surface area contributed by atoms with Gasteiger partial charge in [-0.3, -0.25) is 0 Å². The van der Waals surface area contributed by atoms with Gasteiger partial charge in [0.05, 0.1) is 23.4 Å². The van der Waals surface area contributed by atoms with E-state index in [-0.39, 0.29) is 6.61 Å². The number of quaternary nitrogens is 1. The molecule has 0 saturated carbocycles. The summed E-state index contributed by atoms with van der Waals surface area (Å²) in [5, 5.41) is 4.40. The molecule has 1 aromatic carbocycles. The summed E-state index contributed by atoms with van der Waals surface area (Å²) < 4.78 is 18.8. The smallest absolute Gasteiger partial charge is 0.291 e. The summed E-state index contributed by atoms with van der Waals surface area (Å²) in [4.78, 5) is 2.77. The number of rotatable bonds is 8. The van der Waals surface area contributed by atoms with Gasteiger partial charge in [0, 0.05) is 0 Å². The molecular weight excluding hydrogens is 394 g/mol. The molecule has 0 saturated heterocycles. The van der Waals surface area contributed by atoms with Gasteiger partial charge in [0.25, 0.3) is 10.7 Å². The number of ether oxygens (including phenoxy) is 2. The lowest BCUT2D eigenvalue weighted by Crippen LogP contribution is -3.06. The van der Waals surface area contributed by atoms with Gasteiger partial charge in [-0.1, -0.05) is 11.6 Å². The van der Waals surface area contributed by atoms with Crippen molar-refractivity contribution in [2.45, 2.75) is 19.8 Å². The number of thiophene rings is 1. The molecule has 9 heteroatoms. The molecule has 0 aliphatic rings. The minimum absolute atomic E-state index is 0.211. The van der Waals surface area contributed by atoms with Crippen molar-refractivity contribution in [3.63, 3.8) is 0 Å². The summed E-state index contributed by atoms with van der Waals surface area (Å²) in [6.07, 6.45) is 0. The Morgan fingerprint density at radius 3 is 2.62 bits per heavy atom. The third-order valence-electron chi connectivity index (χ3n) is 3.59. The van der Waals surface area contributed by atoms with Crippen molar-refractivity contribution in [2.75, 3.05) is 14.2 Å². The van der Waals surface area contributed by atoms with E-state index in [2.05, 4.69) is 12.1 Å². The molecule has 3 rings (SSSR count). The van der Waals surface area contributed by atoms with Crippen LogP contribution in [-0.4, -0.2) is 23.9 Å². The summed E-state index contributed by atoms with van der Waals surface area (Å²) in [5.74, 6) is 1.92. The molecule has 0 spiro atoms. The molecule has 1 atom stereocenters. The minimum Gasteiger partial charge on any atom is -0.497 e. The molecule has 3 aromatic rings. The van der Waals surface area contributed by atoms with Crippen molar-refractivity contribution in [3.8, 4) is 11.5 Å². The topological polar surface area (TPSA) is 53.9 Å². The Morgan fingerprint density at radius 1 is 1.23 bits per heavy atom. The van der Waals surface area contributed by atoms with E-state index in [1.54, 1.807) is 23.1 Å². The van der Waals surface area contributed by atoms with Crippen LogP contribution >= 0.6 is 35.2 Å². The molecule has 0 aliphatic carbocycles. The Kier molecular flexibility index (Phi) is 6.31. The van der Waals surface area contributed by atoms with Gasteiger partial charge in [0.1, 0.15) is 18.0 Å². The Balaban J connectivity index is 1.56. The fourth-order valence-corrected chi connectivity index (χ4v) is 3.78. The highest BCUT2D eigenvalue weighted by molar-refractivity contribution is 7.71. The molecule has 26 heavy (non-hydrogen) atoms. The molecule has 0 fully saturated rings. The fourth-order valence-electron chi connectivity index (χ4n) is 2.38. The van der Waals surface area contributed by atoms with Gasteiger partial charge in [-0.15, -0.1) is 16.4 Å². The number of methoxy groups -OCH3 is 1. The van der Waals surface area contributed by atoms with Crippen LogP contribution in [0.2, 0.25) is 4.34 Å². The van der Waals surface area contributed by atoms with E-state index in [9.17, 15) is 0 Å². The van der Waals surface area contributed by atoms with Crippen LogP contribution in [0.25, 0.3) is 0 Å². The van der Waals surface area contributed by atoms with E-state index in [1.807, 2.05) is 36.4 Å². The zero-order chi connectivity index (χ0) is 18.5. The van der Waals surface area contributed by atoms with E-state index in [0.717, 1.165) is 16.6 Å². The standard InChI is InChI=1S/C17H18ClN3O3S2/c1-20(9-14-7-8-15(18)26-14)11-21-17(25)24-16(19-21)10-23-13-5-3-12(22-2)4-6-13/h3-8H,9-11H2,1-2H3/p+1. The number of nitrogens with one attached hydrogen (secondary N) is 1. The number of hydrogen-bond donors (Lipinski definition) is 1. The molecule has 6 nitrogen and oxygen atoms in total. The largest absolute Gasteiger partial charge is 0.497 e. The van der Waals surface area contributed by atoms with Crippen LogP contribution in [0.3, 0.4) is 0 Å². The third kappa shape index (κ3) is 5.07. The normalized spacial score (nSPS) is 12.1. The number of benzene rings is 1. The molecule has 0 aliphatic heterocycles. The molecule has 1 unspecified atom stereocenters. The second-order valence-electron chi connectivity index (χ2n) is 5.72. The summed E-state index contributed by atoms with van der Waals surface area (Å²) in [6, 6.07) is 11.3. The fraction of sp³-hybridized carbons (Fsp3) is 0.294. The summed E-state index contributed by atoms with van der Waals surface area (Å²) >= 11 is 12.8. The third-order valence-corrected chi connectivity index (χ3v) is 5.12. The molecule has 0 bridgehead atoms. The van der Waals surface area contributed by atoms with Crippen LogP contribution < -0.4 is 14.4 Å². The van der Waals surface area contributed by atoms with E-state index >= 15 is 0 Å². The van der Waals surface area contributed by atoms with Gasteiger partial charge >= 0.3 is 0 Å². The van der Waals surface area contributed by atoms with Gasteiger partial charge in [-0.2, -0.15) is 4.68 Å². The second-order valence-corrected chi connectivity index (χ2v) is 7.87. The van der Waals surface area contributed by atoms with E-state index in [1.165, 1.54) is 9.78 Å².